The summed E-state index contributed by atoms with van der Waals surface area (Å²) in [6.45, 7) is 4.36. The third-order valence-corrected chi connectivity index (χ3v) is 6.54. The largest absolute Gasteiger partial charge is 0.349 e. The lowest BCUT2D eigenvalue weighted by Crippen LogP contribution is -2.41. The van der Waals surface area contributed by atoms with E-state index >= 15 is 0 Å². The zero-order chi connectivity index (χ0) is 20.2. The summed E-state index contributed by atoms with van der Waals surface area (Å²) in [5.41, 5.74) is 4.87. The Kier molecular flexibility index (Phi) is 6.29. The zero-order valence-corrected chi connectivity index (χ0v) is 17.3. The van der Waals surface area contributed by atoms with Crippen LogP contribution >= 0.6 is 0 Å². The second-order valence-electron chi connectivity index (χ2n) is 8.61. The number of carbonyl (C=O) groups is 1. The summed E-state index contributed by atoms with van der Waals surface area (Å²) >= 11 is 0. The number of amides is 1. The van der Waals surface area contributed by atoms with Gasteiger partial charge in [-0.05, 0) is 81.3 Å². The molecule has 1 aliphatic carbocycles. The molecule has 0 spiro atoms. The number of aryl methyl sites for hydroxylation is 2. The van der Waals surface area contributed by atoms with Crippen LogP contribution in [0, 0.1) is 11.7 Å². The molecule has 2 aromatic carbocycles. The number of nitrogens with zero attached hydrogens (tertiary/aromatic N) is 1. The minimum atomic E-state index is -0.147. The zero-order valence-electron chi connectivity index (χ0n) is 17.3. The first-order valence-corrected chi connectivity index (χ1v) is 11.0. The molecule has 2 aromatic rings. The van der Waals surface area contributed by atoms with Gasteiger partial charge in [0.1, 0.15) is 5.82 Å². The SMILES string of the molecule is CC(NC(=O)C1CCN(Cc2ccccc2F)CC1)c1ccc2c(c1)CCCC2. The van der Waals surface area contributed by atoms with Gasteiger partial charge in [-0.2, -0.15) is 0 Å². The molecule has 1 fully saturated rings. The van der Waals surface area contributed by atoms with Gasteiger partial charge in [0.2, 0.25) is 5.91 Å². The molecule has 1 atom stereocenters. The first-order valence-electron chi connectivity index (χ1n) is 11.0. The molecule has 29 heavy (non-hydrogen) atoms. The van der Waals surface area contributed by atoms with Crippen molar-refractivity contribution in [3.63, 3.8) is 0 Å². The predicted octanol–water partition coefficient (Wildman–Crippen LogP) is 4.79. The Morgan fingerprint density at radius 2 is 1.83 bits per heavy atom. The second kappa shape index (κ2) is 9.08. The van der Waals surface area contributed by atoms with E-state index in [0.29, 0.717) is 6.54 Å². The topological polar surface area (TPSA) is 32.3 Å². The molecule has 0 bridgehead atoms. The molecule has 1 N–H and O–H groups in total. The quantitative estimate of drug-likeness (QED) is 0.790. The molecule has 2 aliphatic rings. The van der Waals surface area contributed by atoms with Gasteiger partial charge in [-0.25, -0.2) is 4.39 Å². The summed E-state index contributed by atoms with van der Waals surface area (Å²) in [5.74, 6) is 0.0546. The average Bonchev–Trinajstić information content (AvgIpc) is 2.75. The van der Waals surface area contributed by atoms with Crippen LogP contribution < -0.4 is 5.32 Å². The van der Waals surface area contributed by atoms with Gasteiger partial charge in [-0.3, -0.25) is 9.69 Å². The molecular weight excluding hydrogens is 363 g/mol. The van der Waals surface area contributed by atoms with Gasteiger partial charge < -0.3 is 5.32 Å². The summed E-state index contributed by atoms with van der Waals surface area (Å²) in [5, 5.41) is 3.23. The maximum Gasteiger partial charge on any atom is 0.223 e. The van der Waals surface area contributed by atoms with Crippen molar-refractivity contribution in [3.8, 4) is 0 Å². The highest BCUT2D eigenvalue weighted by Crippen LogP contribution is 2.26. The Bertz CT molecular complexity index is 858. The summed E-state index contributed by atoms with van der Waals surface area (Å²) in [4.78, 5) is 15.0. The molecule has 0 radical (unpaired) electrons. The fourth-order valence-electron chi connectivity index (χ4n) is 4.66. The highest BCUT2D eigenvalue weighted by Gasteiger charge is 2.26. The highest BCUT2D eigenvalue weighted by molar-refractivity contribution is 5.79. The van der Waals surface area contributed by atoms with Crippen LogP contribution in [0.1, 0.15) is 60.9 Å². The lowest BCUT2D eigenvalue weighted by molar-refractivity contribution is -0.127. The molecule has 4 rings (SSSR count). The molecule has 1 unspecified atom stereocenters. The number of fused-ring (bicyclic) bond motifs is 1. The van der Waals surface area contributed by atoms with Gasteiger partial charge in [0.25, 0.3) is 0 Å². The van der Waals surface area contributed by atoms with E-state index in [1.165, 1.54) is 42.0 Å². The minimum Gasteiger partial charge on any atom is -0.349 e. The van der Waals surface area contributed by atoms with Crippen LogP contribution in [0.15, 0.2) is 42.5 Å². The van der Waals surface area contributed by atoms with Crippen molar-refractivity contribution in [1.82, 2.24) is 10.2 Å². The summed E-state index contributed by atoms with van der Waals surface area (Å²) in [7, 11) is 0. The lowest BCUT2D eigenvalue weighted by Gasteiger charge is -2.32. The molecule has 3 nitrogen and oxygen atoms in total. The third kappa shape index (κ3) is 4.87. The predicted molar refractivity (Wildman–Crippen MR) is 114 cm³/mol. The monoisotopic (exact) mass is 394 g/mol. The Morgan fingerprint density at radius 3 is 2.59 bits per heavy atom. The molecule has 154 valence electrons. The van der Waals surface area contributed by atoms with Gasteiger partial charge in [0.15, 0.2) is 0 Å². The Morgan fingerprint density at radius 1 is 1.10 bits per heavy atom. The number of rotatable bonds is 5. The number of benzene rings is 2. The van der Waals surface area contributed by atoms with E-state index in [-0.39, 0.29) is 23.7 Å². The van der Waals surface area contributed by atoms with Crippen LogP contribution in [-0.2, 0) is 24.2 Å². The second-order valence-corrected chi connectivity index (χ2v) is 8.61. The third-order valence-electron chi connectivity index (χ3n) is 6.54. The van der Waals surface area contributed by atoms with E-state index in [9.17, 15) is 9.18 Å². The van der Waals surface area contributed by atoms with Crippen LogP contribution in [0.2, 0.25) is 0 Å². The van der Waals surface area contributed by atoms with Gasteiger partial charge >= 0.3 is 0 Å². The number of hydrogen-bond acceptors (Lipinski definition) is 2. The minimum absolute atomic E-state index is 0.0335. The number of halogens is 1. The number of piperidine rings is 1. The molecule has 4 heteroatoms. The Labute approximate surface area is 173 Å². The molecule has 1 amide bonds. The fourth-order valence-corrected chi connectivity index (χ4v) is 4.66. The van der Waals surface area contributed by atoms with Crippen molar-refractivity contribution in [2.24, 2.45) is 5.92 Å². The molecule has 1 saturated heterocycles. The summed E-state index contributed by atoms with van der Waals surface area (Å²) in [6.07, 6.45) is 6.55. The van der Waals surface area contributed by atoms with E-state index in [2.05, 4.69) is 35.3 Å². The van der Waals surface area contributed by atoms with Crippen LogP contribution in [0.3, 0.4) is 0 Å². The van der Waals surface area contributed by atoms with E-state index in [1.807, 2.05) is 12.1 Å². The fraction of sp³-hybridized carbons (Fsp3) is 0.480. The van der Waals surface area contributed by atoms with Gasteiger partial charge in [0, 0.05) is 18.0 Å². The van der Waals surface area contributed by atoms with Gasteiger partial charge in [0.05, 0.1) is 6.04 Å². The van der Waals surface area contributed by atoms with Crippen molar-refractivity contribution >= 4 is 5.91 Å². The standard InChI is InChI=1S/C25H31FN2O/c1-18(21-11-10-19-6-2-3-7-22(19)16-21)27-25(29)20-12-14-28(15-13-20)17-23-8-4-5-9-24(23)26/h4-5,8-11,16,18,20H,2-3,6-7,12-15,17H2,1H3,(H,27,29). The van der Waals surface area contributed by atoms with Crippen molar-refractivity contribution in [3.05, 3.63) is 70.5 Å². The number of nitrogens with one attached hydrogen (secondary N) is 1. The molecule has 0 aromatic heterocycles. The Balaban J connectivity index is 1.29. The molecule has 0 saturated carbocycles. The van der Waals surface area contributed by atoms with Crippen LogP contribution in [0.5, 0.6) is 0 Å². The number of carbonyl (C=O) groups excluding carboxylic acids is 1. The molecule has 1 heterocycles. The summed E-state index contributed by atoms with van der Waals surface area (Å²) in [6, 6.07) is 13.7. The first kappa shape index (κ1) is 20.1. The lowest BCUT2D eigenvalue weighted by atomic mass is 9.89. The number of likely N-dealkylation sites (tertiary alicyclic amines) is 1. The highest BCUT2D eigenvalue weighted by atomic mass is 19.1. The normalized spacial score (nSPS) is 18.8. The van der Waals surface area contributed by atoms with Crippen molar-refractivity contribution < 1.29 is 9.18 Å². The van der Waals surface area contributed by atoms with Crippen molar-refractivity contribution in [2.45, 2.75) is 58.0 Å². The molecule has 1 aliphatic heterocycles. The van der Waals surface area contributed by atoms with Gasteiger partial charge in [-0.1, -0.05) is 36.4 Å². The average molecular weight is 395 g/mol. The maximum atomic E-state index is 13.9. The Hall–Kier alpha value is -2.20. The maximum absolute atomic E-state index is 13.9. The molecular formula is C25H31FN2O. The van der Waals surface area contributed by atoms with Crippen LogP contribution in [0.4, 0.5) is 4.39 Å². The smallest absolute Gasteiger partial charge is 0.223 e. The van der Waals surface area contributed by atoms with Gasteiger partial charge in [-0.15, -0.1) is 0 Å². The van der Waals surface area contributed by atoms with E-state index in [0.717, 1.165) is 37.9 Å². The van der Waals surface area contributed by atoms with Crippen LogP contribution in [-0.4, -0.2) is 23.9 Å². The summed E-state index contributed by atoms with van der Waals surface area (Å²) < 4.78 is 13.9. The van der Waals surface area contributed by atoms with Crippen molar-refractivity contribution in [2.75, 3.05) is 13.1 Å². The van der Waals surface area contributed by atoms with E-state index in [4.69, 9.17) is 0 Å². The van der Waals surface area contributed by atoms with Crippen molar-refractivity contribution in [1.29, 1.82) is 0 Å². The van der Waals surface area contributed by atoms with E-state index in [1.54, 1.807) is 6.07 Å². The number of hydrogen-bond donors (Lipinski definition) is 1. The van der Waals surface area contributed by atoms with Crippen LogP contribution in [0.25, 0.3) is 0 Å². The van der Waals surface area contributed by atoms with E-state index < -0.39 is 0 Å². The first-order chi connectivity index (χ1) is 14.1.